The first kappa shape index (κ1) is 23.5. The predicted molar refractivity (Wildman–Crippen MR) is 135 cm³/mol. The Bertz CT molecular complexity index is 1430. The minimum Gasteiger partial charge on any atom is -0.492 e. The molecule has 1 fully saturated rings. The number of aryl methyl sites for hydroxylation is 1. The number of carbonyl (C=O) groups is 1. The zero-order valence-electron chi connectivity index (χ0n) is 20.0. The van der Waals surface area contributed by atoms with E-state index in [2.05, 4.69) is 37.1 Å². The lowest BCUT2D eigenvalue weighted by atomic mass is 10.1. The number of hydrogen-bond acceptors (Lipinski definition) is 7. The number of nitrogens with zero attached hydrogens (tertiary/aromatic N) is 5. The SMILES string of the molecule is Cc1cc(NC(=O)c2cncc(C#Cc3cnc4cccnn34)c2)ccc1OCCN1CCOCC1. The van der Waals surface area contributed by atoms with Crippen molar-refractivity contribution in [2.75, 3.05) is 44.8 Å². The Morgan fingerprint density at radius 3 is 2.89 bits per heavy atom. The number of aromatic nitrogens is 4. The molecule has 1 N–H and O–H groups in total. The van der Waals surface area contributed by atoms with Crippen LogP contribution >= 0.6 is 0 Å². The molecule has 1 saturated heterocycles. The first-order valence-electron chi connectivity index (χ1n) is 11.8. The van der Waals surface area contributed by atoms with Crippen molar-refractivity contribution in [3.63, 3.8) is 0 Å². The first-order chi connectivity index (χ1) is 17.7. The van der Waals surface area contributed by atoms with Crippen LogP contribution in [0.15, 0.2) is 61.2 Å². The lowest BCUT2D eigenvalue weighted by Gasteiger charge is -2.26. The van der Waals surface area contributed by atoms with E-state index in [1.165, 1.54) is 6.20 Å². The highest BCUT2D eigenvalue weighted by Gasteiger charge is 2.12. The molecule has 4 heterocycles. The third-order valence-corrected chi connectivity index (χ3v) is 5.81. The van der Waals surface area contributed by atoms with Crippen LogP contribution in [0.5, 0.6) is 5.75 Å². The minimum atomic E-state index is -0.261. The van der Waals surface area contributed by atoms with Gasteiger partial charge in [0.05, 0.1) is 25.0 Å². The zero-order chi connectivity index (χ0) is 24.7. The van der Waals surface area contributed by atoms with Gasteiger partial charge in [-0.15, -0.1) is 0 Å². The van der Waals surface area contributed by atoms with E-state index in [1.54, 1.807) is 29.2 Å². The van der Waals surface area contributed by atoms with E-state index in [-0.39, 0.29) is 5.91 Å². The van der Waals surface area contributed by atoms with E-state index in [1.807, 2.05) is 37.3 Å². The van der Waals surface area contributed by atoms with Gasteiger partial charge in [-0.2, -0.15) is 5.10 Å². The Balaban J connectivity index is 1.21. The maximum absolute atomic E-state index is 12.8. The molecule has 0 atom stereocenters. The molecular weight excluding hydrogens is 456 g/mol. The normalized spacial score (nSPS) is 13.7. The van der Waals surface area contributed by atoms with E-state index in [0.717, 1.165) is 49.8 Å². The smallest absolute Gasteiger partial charge is 0.257 e. The second-order valence-corrected chi connectivity index (χ2v) is 8.39. The summed E-state index contributed by atoms with van der Waals surface area (Å²) < 4.78 is 13.0. The molecular formula is C27H26N6O3. The molecule has 182 valence electrons. The van der Waals surface area contributed by atoms with Crippen molar-refractivity contribution in [1.82, 2.24) is 24.5 Å². The van der Waals surface area contributed by atoms with E-state index < -0.39 is 0 Å². The van der Waals surface area contributed by atoms with E-state index in [0.29, 0.717) is 29.1 Å². The molecule has 0 saturated carbocycles. The van der Waals surface area contributed by atoms with Crippen molar-refractivity contribution >= 4 is 17.2 Å². The van der Waals surface area contributed by atoms with Crippen LogP contribution in [0.2, 0.25) is 0 Å². The second kappa shape index (κ2) is 11.0. The summed E-state index contributed by atoms with van der Waals surface area (Å²) in [7, 11) is 0. The number of benzene rings is 1. The fourth-order valence-electron chi connectivity index (χ4n) is 3.89. The Hall–Kier alpha value is -4.26. The fourth-order valence-corrected chi connectivity index (χ4v) is 3.89. The molecule has 0 spiro atoms. The van der Waals surface area contributed by atoms with Crippen molar-refractivity contribution in [3.8, 4) is 17.6 Å². The summed E-state index contributed by atoms with van der Waals surface area (Å²) in [4.78, 5) is 23.6. The first-order valence-corrected chi connectivity index (χ1v) is 11.8. The third kappa shape index (κ3) is 5.68. The van der Waals surface area contributed by atoms with Gasteiger partial charge in [0, 0.05) is 49.5 Å². The van der Waals surface area contributed by atoms with Crippen molar-refractivity contribution < 1.29 is 14.3 Å². The summed E-state index contributed by atoms with van der Waals surface area (Å²) >= 11 is 0. The van der Waals surface area contributed by atoms with Crippen LogP contribution in [0, 0.1) is 18.8 Å². The Kier molecular flexibility index (Phi) is 7.17. The van der Waals surface area contributed by atoms with Crippen LogP contribution in [0.4, 0.5) is 5.69 Å². The van der Waals surface area contributed by atoms with Crippen molar-refractivity contribution in [2.45, 2.75) is 6.92 Å². The van der Waals surface area contributed by atoms with Crippen LogP contribution in [0.25, 0.3) is 5.65 Å². The number of pyridine rings is 1. The Morgan fingerprint density at radius 2 is 2.03 bits per heavy atom. The van der Waals surface area contributed by atoms with Crippen LogP contribution in [-0.2, 0) is 4.74 Å². The average molecular weight is 483 g/mol. The highest BCUT2D eigenvalue weighted by molar-refractivity contribution is 6.04. The monoisotopic (exact) mass is 482 g/mol. The van der Waals surface area contributed by atoms with Gasteiger partial charge in [-0.05, 0) is 54.8 Å². The molecule has 9 heteroatoms. The van der Waals surface area contributed by atoms with Gasteiger partial charge in [-0.3, -0.25) is 14.7 Å². The number of anilines is 1. The number of hydrogen-bond donors (Lipinski definition) is 1. The molecule has 0 radical (unpaired) electrons. The summed E-state index contributed by atoms with van der Waals surface area (Å²) in [6.07, 6.45) is 6.48. The molecule has 4 aromatic rings. The van der Waals surface area contributed by atoms with Gasteiger partial charge >= 0.3 is 0 Å². The summed E-state index contributed by atoms with van der Waals surface area (Å²) in [6.45, 7) is 6.86. The standard InChI is InChI=1S/C27H26N6O3/c1-20-15-23(5-7-25(20)36-14-11-32-9-12-35-13-10-32)31-27(34)22-16-21(17-28-18-22)4-6-24-19-29-26-3-2-8-30-33(24)26/h2-3,5,7-8,15-19H,9-14H2,1H3,(H,31,34). The average Bonchev–Trinajstić information content (AvgIpc) is 3.33. The minimum absolute atomic E-state index is 0.261. The number of nitrogens with one attached hydrogen (secondary N) is 1. The predicted octanol–water partition coefficient (Wildman–Crippen LogP) is 2.80. The second-order valence-electron chi connectivity index (χ2n) is 8.39. The number of ether oxygens (including phenoxy) is 2. The number of rotatable bonds is 6. The molecule has 1 aliphatic heterocycles. The molecule has 5 rings (SSSR count). The highest BCUT2D eigenvalue weighted by atomic mass is 16.5. The third-order valence-electron chi connectivity index (χ3n) is 5.81. The molecule has 3 aromatic heterocycles. The van der Waals surface area contributed by atoms with Crippen molar-refractivity contribution in [2.24, 2.45) is 0 Å². The molecule has 1 aromatic carbocycles. The fraction of sp³-hybridized carbons (Fsp3) is 0.259. The van der Waals surface area contributed by atoms with Crippen LogP contribution in [0.1, 0.15) is 27.2 Å². The van der Waals surface area contributed by atoms with E-state index in [9.17, 15) is 4.79 Å². The van der Waals surface area contributed by atoms with Gasteiger partial charge in [0.1, 0.15) is 18.1 Å². The number of imidazole rings is 1. The molecule has 1 aliphatic rings. The number of morpholine rings is 1. The lowest BCUT2D eigenvalue weighted by molar-refractivity contribution is 0.0322. The molecule has 1 amide bonds. The topological polar surface area (TPSA) is 93.9 Å². The van der Waals surface area contributed by atoms with E-state index in [4.69, 9.17) is 9.47 Å². The maximum atomic E-state index is 12.8. The molecule has 36 heavy (non-hydrogen) atoms. The lowest BCUT2D eigenvalue weighted by Crippen LogP contribution is -2.38. The maximum Gasteiger partial charge on any atom is 0.257 e. The van der Waals surface area contributed by atoms with Crippen molar-refractivity contribution in [1.29, 1.82) is 0 Å². The van der Waals surface area contributed by atoms with Crippen LogP contribution in [0.3, 0.4) is 0 Å². The van der Waals surface area contributed by atoms with Gasteiger partial charge in [-0.25, -0.2) is 9.50 Å². The number of amides is 1. The van der Waals surface area contributed by atoms with Gasteiger partial charge in [0.25, 0.3) is 5.91 Å². The summed E-state index contributed by atoms with van der Waals surface area (Å²) in [6, 6.07) is 11.0. The van der Waals surface area contributed by atoms with Gasteiger partial charge < -0.3 is 14.8 Å². The summed E-state index contributed by atoms with van der Waals surface area (Å²) in [5.74, 6) is 6.63. The summed E-state index contributed by atoms with van der Waals surface area (Å²) in [5, 5.41) is 7.18. The molecule has 0 aliphatic carbocycles. The Labute approximate surface area is 209 Å². The number of carbonyl (C=O) groups excluding carboxylic acids is 1. The highest BCUT2D eigenvalue weighted by Crippen LogP contribution is 2.22. The Morgan fingerprint density at radius 1 is 1.14 bits per heavy atom. The molecule has 9 nitrogen and oxygen atoms in total. The number of fused-ring (bicyclic) bond motifs is 1. The van der Waals surface area contributed by atoms with Crippen LogP contribution < -0.4 is 10.1 Å². The molecule has 0 bridgehead atoms. The zero-order valence-corrected chi connectivity index (χ0v) is 20.0. The van der Waals surface area contributed by atoms with Crippen LogP contribution in [-0.4, -0.2) is 69.8 Å². The van der Waals surface area contributed by atoms with Gasteiger partial charge in [-0.1, -0.05) is 5.92 Å². The van der Waals surface area contributed by atoms with Gasteiger partial charge in [0.15, 0.2) is 5.65 Å². The van der Waals surface area contributed by atoms with Gasteiger partial charge in [0.2, 0.25) is 0 Å². The van der Waals surface area contributed by atoms with E-state index >= 15 is 0 Å². The van der Waals surface area contributed by atoms with Crippen molar-refractivity contribution in [3.05, 3.63) is 83.6 Å². The quantitative estimate of drug-likeness (QED) is 0.423. The summed E-state index contributed by atoms with van der Waals surface area (Å²) in [5.41, 5.74) is 4.05. The molecule has 0 unspecified atom stereocenters. The largest absolute Gasteiger partial charge is 0.492 e.